The summed E-state index contributed by atoms with van der Waals surface area (Å²) in [6.07, 6.45) is 1.52. The number of halogens is 2. The lowest BCUT2D eigenvalue weighted by atomic mass is 10.1. The Morgan fingerprint density at radius 3 is 2.41 bits per heavy atom. The van der Waals surface area contributed by atoms with Crippen molar-refractivity contribution >= 4 is 5.96 Å². The molecule has 6 nitrogen and oxygen atoms in total. The monoisotopic (exact) mass is 446 g/mol. The summed E-state index contributed by atoms with van der Waals surface area (Å²) in [6.45, 7) is 2.69. The fourth-order valence-electron chi connectivity index (χ4n) is 3.74. The average Bonchev–Trinajstić information content (AvgIpc) is 2.78. The number of nitrogens with one attached hydrogen (secondary N) is 2. The zero-order valence-corrected chi connectivity index (χ0v) is 18.7. The fraction of sp³-hybridized carbons (Fsp3) is 0.458. The molecule has 0 amide bonds. The van der Waals surface area contributed by atoms with Crippen LogP contribution in [-0.2, 0) is 19.6 Å². The first kappa shape index (κ1) is 23.9. The van der Waals surface area contributed by atoms with Crippen LogP contribution in [0.5, 0.6) is 5.75 Å². The van der Waals surface area contributed by atoms with Gasteiger partial charge in [0.05, 0.1) is 6.10 Å². The number of nitrogens with zero attached hydrogens (tertiary/aromatic N) is 2. The molecule has 2 aromatic rings. The highest BCUT2D eigenvalue weighted by Crippen LogP contribution is 2.22. The molecular weight excluding hydrogens is 414 g/mol. The molecule has 1 aliphatic heterocycles. The summed E-state index contributed by atoms with van der Waals surface area (Å²) >= 11 is 0. The maximum Gasteiger partial charge on any atom is 0.387 e. The second kappa shape index (κ2) is 11.8. The van der Waals surface area contributed by atoms with E-state index in [1.807, 2.05) is 13.0 Å². The van der Waals surface area contributed by atoms with Crippen LogP contribution in [-0.4, -0.2) is 48.8 Å². The van der Waals surface area contributed by atoms with Crippen LogP contribution in [0.3, 0.4) is 0 Å². The van der Waals surface area contributed by atoms with Crippen LogP contribution in [0.15, 0.2) is 47.5 Å². The Kier molecular flexibility index (Phi) is 8.81. The smallest absolute Gasteiger partial charge is 0.387 e. The fourth-order valence-corrected chi connectivity index (χ4v) is 3.74. The maximum atomic E-state index is 12.7. The summed E-state index contributed by atoms with van der Waals surface area (Å²) < 4.78 is 29.9. The van der Waals surface area contributed by atoms with Gasteiger partial charge in [-0.3, -0.25) is 9.89 Å². The van der Waals surface area contributed by atoms with Gasteiger partial charge in [0.25, 0.3) is 0 Å². The minimum Gasteiger partial charge on any atom is -0.434 e. The van der Waals surface area contributed by atoms with Crippen LogP contribution < -0.4 is 15.4 Å². The topological polar surface area (TPSA) is 69.1 Å². The molecule has 0 aromatic heterocycles. The molecule has 0 spiro atoms. The van der Waals surface area contributed by atoms with Crippen LogP contribution in [0.25, 0.3) is 0 Å². The zero-order chi connectivity index (χ0) is 22.9. The van der Waals surface area contributed by atoms with E-state index in [0.717, 1.165) is 43.6 Å². The van der Waals surface area contributed by atoms with Crippen molar-refractivity contribution in [1.82, 2.24) is 15.5 Å². The average molecular weight is 447 g/mol. The van der Waals surface area contributed by atoms with Crippen LogP contribution in [0.2, 0.25) is 0 Å². The second-order valence-electron chi connectivity index (χ2n) is 8.09. The predicted octanol–water partition coefficient (Wildman–Crippen LogP) is 3.42. The van der Waals surface area contributed by atoms with E-state index in [4.69, 9.17) is 0 Å². The molecule has 2 aromatic carbocycles. The molecule has 0 aliphatic carbocycles. The molecule has 8 heteroatoms. The summed E-state index contributed by atoms with van der Waals surface area (Å²) in [5.41, 5.74) is 3.97. The van der Waals surface area contributed by atoms with Crippen molar-refractivity contribution in [2.75, 3.05) is 20.1 Å². The van der Waals surface area contributed by atoms with E-state index in [-0.39, 0.29) is 11.9 Å². The van der Waals surface area contributed by atoms with E-state index < -0.39 is 6.61 Å². The van der Waals surface area contributed by atoms with E-state index in [1.54, 1.807) is 19.2 Å². The normalized spacial score (nSPS) is 15.8. The molecule has 3 rings (SSSR count). The molecule has 1 saturated heterocycles. The van der Waals surface area contributed by atoms with E-state index in [2.05, 4.69) is 49.5 Å². The van der Waals surface area contributed by atoms with Crippen molar-refractivity contribution in [3.63, 3.8) is 0 Å². The third-order valence-corrected chi connectivity index (χ3v) is 5.55. The molecule has 0 atom stereocenters. The van der Waals surface area contributed by atoms with Crippen molar-refractivity contribution < 1.29 is 18.6 Å². The van der Waals surface area contributed by atoms with E-state index in [0.29, 0.717) is 24.6 Å². The molecule has 32 heavy (non-hydrogen) atoms. The first-order valence-electron chi connectivity index (χ1n) is 10.9. The second-order valence-corrected chi connectivity index (χ2v) is 8.09. The Hall–Kier alpha value is -2.71. The number of aliphatic imine (C=N–C) groups is 1. The van der Waals surface area contributed by atoms with Gasteiger partial charge in [-0.2, -0.15) is 8.78 Å². The summed E-state index contributed by atoms with van der Waals surface area (Å²) in [7, 11) is 1.67. The number of ether oxygens (including phenoxy) is 1. The van der Waals surface area contributed by atoms with Gasteiger partial charge >= 0.3 is 6.61 Å². The lowest BCUT2D eigenvalue weighted by Gasteiger charge is -2.29. The van der Waals surface area contributed by atoms with Gasteiger partial charge in [0.1, 0.15) is 5.75 Å². The minimum absolute atomic E-state index is 0.155. The van der Waals surface area contributed by atoms with E-state index in [1.165, 1.54) is 5.56 Å². The molecule has 1 heterocycles. The van der Waals surface area contributed by atoms with Crippen molar-refractivity contribution in [3.8, 4) is 5.75 Å². The first-order chi connectivity index (χ1) is 15.4. The minimum atomic E-state index is -2.86. The number of rotatable bonds is 8. The standard InChI is InChI=1S/C24H32F2N4O2/c1-17-3-8-22(32-23(25)26)20(13-17)15-29-24(27-2)28-14-18-4-6-19(7-5-18)16-30-11-9-21(31)10-12-30/h3-8,13,21,23,31H,9-12,14-16H2,1-2H3,(H2,27,28,29). The number of aryl methyl sites for hydroxylation is 1. The lowest BCUT2D eigenvalue weighted by Crippen LogP contribution is -2.36. The van der Waals surface area contributed by atoms with E-state index >= 15 is 0 Å². The number of hydrogen-bond acceptors (Lipinski definition) is 4. The quantitative estimate of drug-likeness (QED) is 0.428. The number of guanidine groups is 1. The van der Waals surface area contributed by atoms with E-state index in [9.17, 15) is 13.9 Å². The number of piperidine rings is 1. The highest BCUT2D eigenvalue weighted by Gasteiger charge is 2.16. The van der Waals surface area contributed by atoms with Crippen LogP contribution >= 0.6 is 0 Å². The molecule has 0 bridgehead atoms. The van der Waals surface area contributed by atoms with Gasteiger partial charge in [0.2, 0.25) is 0 Å². The molecule has 174 valence electrons. The van der Waals surface area contributed by atoms with Crippen LogP contribution in [0.1, 0.15) is 35.1 Å². The Bertz CT molecular complexity index is 882. The maximum absolute atomic E-state index is 12.7. The molecule has 3 N–H and O–H groups in total. The zero-order valence-electron chi connectivity index (χ0n) is 18.7. The molecular formula is C24H32F2N4O2. The number of aliphatic hydroxyl groups excluding tert-OH is 1. The highest BCUT2D eigenvalue weighted by atomic mass is 19.3. The molecule has 0 radical (unpaired) electrons. The molecule has 1 aliphatic rings. The number of hydrogen-bond donors (Lipinski definition) is 3. The van der Waals surface area contributed by atoms with Gasteiger partial charge < -0.3 is 20.5 Å². The molecule has 0 saturated carbocycles. The Balaban J connectivity index is 1.49. The van der Waals surface area contributed by atoms with Crippen molar-refractivity contribution in [3.05, 3.63) is 64.7 Å². The third-order valence-electron chi connectivity index (χ3n) is 5.55. The lowest BCUT2D eigenvalue weighted by molar-refractivity contribution is -0.0504. The van der Waals surface area contributed by atoms with Gasteiger partial charge in [0, 0.05) is 45.3 Å². The van der Waals surface area contributed by atoms with Crippen molar-refractivity contribution in [2.24, 2.45) is 4.99 Å². The van der Waals surface area contributed by atoms with Crippen LogP contribution in [0.4, 0.5) is 8.78 Å². The van der Waals surface area contributed by atoms with Gasteiger partial charge in [-0.05, 0) is 37.0 Å². The molecule has 1 fully saturated rings. The Labute approximate surface area is 188 Å². The summed E-state index contributed by atoms with van der Waals surface area (Å²) in [5.74, 6) is 0.734. The number of alkyl halides is 2. The van der Waals surface area contributed by atoms with Crippen molar-refractivity contribution in [2.45, 2.75) is 52.1 Å². The largest absolute Gasteiger partial charge is 0.434 e. The van der Waals surface area contributed by atoms with Crippen LogP contribution in [0, 0.1) is 6.92 Å². The number of aliphatic hydroxyl groups is 1. The Morgan fingerprint density at radius 2 is 1.75 bits per heavy atom. The van der Waals surface area contributed by atoms with Gasteiger partial charge in [-0.1, -0.05) is 42.0 Å². The first-order valence-corrected chi connectivity index (χ1v) is 10.9. The van der Waals surface area contributed by atoms with Gasteiger partial charge in [-0.15, -0.1) is 0 Å². The SMILES string of the molecule is CN=C(NCc1ccc(CN2CCC(O)CC2)cc1)NCc1cc(C)ccc1OC(F)F. The summed E-state index contributed by atoms with van der Waals surface area (Å²) in [5, 5.41) is 16.0. The number of likely N-dealkylation sites (tertiary alicyclic amines) is 1. The van der Waals surface area contributed by atoms with Crippen molar-refractivity contribution in [1.29, 1.82) is 0 Å². The highest BCUT2D eigenvalue weighted by molar-refractivity contribution is 5.79. The van der Waals surface area contributed by atoms with Gasteiger partial charge in [-0.25, -0.2) is 0 Å². The van der Waals surface area contributed by atoms with Gasteiger partial charge in [0.15, 0.2) is 5.96 Å². The predicted molar refractivity (Wildman–Crippen MR) is 122 cm³/mol. The molecule has 0 unspecified atom stereocenters. The number of benzene rings is 2. The summed E-state index contributed by atoms with van der Waals surface area (Å²) in [4.78, 5) is 6.57. The summed E-state index contributed by atoms with van der Waals surface area (Å²) in [6, 6.07) is 13.5. The Morgan fingerprint density at radius 1 is 1.09 bits per heavy atom. The third kappa shape index (κ3) is 7.46.